The summed E-state index contributed by atoms with van der Waals surface area (Å²) in [5, 5.41) is 0. The minimum absolute atomic E-state index is 0.142. The lowest BCUT2D eigenvalue weighted by molar-refractivity contribution is 0.0595. The van der Waals surface area contributed by atoms with E-state index in [2.05, 4.69) is 24.7 Å². The summed E-state index contributed by atoms with van der Waals surface area (Å²) < 4.78 is 33.9. The number of carbonyl (C=O) groups is 1. The van der Waals surface area contributed by atoms with Crippen LogP contribution in [0.25, 0.3) is 33.8 Å². The Morgan fingerprint density at radius 3 is 2.00 bits per heavy atom. The molecular weight excluding hydrogens is 466 g/mol. The SMILES string of the molecule is COC(=O)c1nccn2cc(-c3ccc(F)cc3)nc12.Fc1ccc(-c2cn3ccncc3n2)cc1. The van der Waals surface area contributed by atoms with Crippen molar-refractivity contribution in [1.82, 2.24) is 28.7 Å². The molecule has 0 N–H and O–H groups in total. The topological polar surface area (TPSA) is 86.7 Å². The summed E-state index contributed by atoms with van der Waals surface area (Å²) in [6.45, 7) is 0. The second-order valence-electron chi connectivity index (χ2n) is 7.61. The molecule has 0 bridgehead atoms. The largest absolute Gasteiger partial charge is 0.464 e. The van der Waals surface area contributed by atoms with Gasteiger partial charge in [-0.1, -0.05) is 0 Å². The summed E-state index contributed by atoms with van der Waals surface area (Å²) in [4.78, 5) is 28.4. The molecule has 0 aliphatic rings. The molecule has 0 saturated carbocycles. The highest BCUT2D eigenvalue weighted by Gasteiger charge is 2.15. The summed E-state index contributed by atoms with van der Waals surface area (Å²) in [7, 11) is 1.29. The molecule has 4 heterocycles. The van der Waals surface area contributed by atoms with E-state index in [4.69, 9.17) is 0 Å². The van der Waals surface area contributed by atoms with Gasteiger partial charge in [0.2, 0.25) is 0 Å². The molecule has 0 aliphatic heterocycles. The lowest BCUT2D eigenvalue weighted by Crippen LogP contribution is -2.06. The van der Waals surface area contributed by atoms with E-state index >= 15 is 0 Å². The fourth-order valence-corrected chi connectivity index (χ4v) is 3.52. The van der Waals surface area contributed by atoms with Crippen molar-refractivity contribution >= 4 is 17.3 Å². The number of fused-ring (bicyclic) bond motifs is 2. The molecule has 0 unspecified atom stereocenters. The Labute approximate surface area is 203 Å². The maximum atomic E-state index is 12.9. The van der Waals surface area contributed by atoms with Gasteiger partial charge in [0.05, 0.1) is 24.7 Å². The first-order chi connectivity index (χ1) is 17.5. The molecule has 0 atom stereocenters. The molecule has 0 saturated heterocycles. The summed E-state index contributed by atoms with van der Waals surface area (Å²) in [6.07, 6.45) is 12.0. The number of hydrogen-bond acceptors (Lipinski definition) is 6. The van der Waals surface area contributed by atoms with Crippen molar-refractivity contribution in [3.63, 3.8) is 0 Å². The molecule has 36 heavy (non-hydrogen) atoms. The number of hydrogen-bond donors (Lipinski definition) is 0. The molecule has 0 aliphatic carbocycles. The van der Waals surface area contributed by atoms with Crippen LogP contribution in [0.5, 0.6) is 0 Å². The third-order valence-electron chi connectivity index (χ3n) is 5.30. The van der Waals surface area contributed by atoms with Crippen molar-refractivity contribution in [1.29, 1.82) is 0 Å². The van der Waals surface area contributed by atoms with Gasteiger partial charge >= 0.3 is 5.97 Å². The highest BCUT2D eigenvalue weighted by molar-refractivity contribution is 5.93. The lowest BCUT2D eigenvalue weighted by Gasteiger charge is -1.99. The Morgan fingerprint density at radius 1 is 0.806 bits per heavy atom. The molecule has 6 aromatic rings. The molecular formula is C26H18F2N6O2. The van der Waals surface area contributed by atoms with Gasteiger partial charge < -0.3 is 13.5 Å². The molecule has 4 aromatic heterocycles. The Morgan fingerprint density at radius 2 is 1.39 bits per heavy atom. The van der Waals surface area contributed by atoms with Crippen LogP contribution >= 0.6 is 0 Å². The smallest absolute Gasteiger partial charge is 0.360 e. The number of ether oxygens (including phenoxy) is 1. The fourth-order valence-electron chi connectivity index (χ4n) is 3.52. The van der Waals surface area contributed by atoms with Crippen LogP contribution in [0.2, 0.25) is 0 Å². The van der Waals surface area contributed by atoms with Crippen molar-refractivity contribution in [3.8, 4) is 22.5 Å². The number of imidazole rings is 2. The zero-order chi connectivity index (χ0) is 25.1. The van der Waals surface area contributed by atoms with E-state index in [1.807, 2.05) is 16.8 Å². The van der Waals surface area contributed by atoms with Crippen LogP contribution in [-0.2, 0) is 4.74 Å². The Kier molecular flexibility index (Phi) is 6.14. The average Bonchev–Trinajstić information content (AvgIpc) is 3.54. The van der Waals surface area contributed by atoms with E-state index in [-0.39, 0.29) is 17.3 Å². The number of rotatable bonds is 3. The van der Waals surface area contributed by atoms with E-state index in [9.17, 15) is 13.6 Å². The van der Waals surface area contributed by atoms with E-state index < -0.39 is 5.97 Å². The first kappa shape index (κ1) is 22.8. The minimum atomic E-state index is -0.549. The molecule has 0 amide bonds. The monoisotopic (exact) mass is 484 g/mol. The third-order valence-corrected chi connectivity index (χ3v) is 5.30. The van der Waals surface area contributed by atoms with E-state index in [1.165, 1.54) is 37.6 Å². The zero-order valence-corrected chi connectivity index (χ0v) is 18.9. The number of nitrogens with zero attached hydrogens (tertiary/aromatic N) is 6. The van der Waals surface area contributed by atoms with Crippen molar-refractivity contribution in [3.05, 3.63) is 109 Å². The van der Waals surface area contributed by atoms with Crippen LogP contribution in [0.15, 0.2) is 91.9 Å². The van der Waals surface area contributed by atoms with Gasteiger partial charge in [-0.05, 0) is 48.5 Å². The van der Waals surface area contributed by atoms with Gasteiger partial charge in [0, 0.05) is 48.3 Å². The predicted octanol–water partition coefficient (Wildman–Crippen LogP) is 4.86. The Bertz CT molecular complexity index is 1630. The fraction of sp³-hybridized carbons (Fsp3) is 0.0385. The highest BCUT2D eigenvalue weighted by Crippen LogP contribution is 2.21. The lowest BCUT2D eigenvalue weighted by atomic mass is 10.2. The van der Waals surface area contributed by atoms with Crippen LogP contribution in [0.4, 0.5) is 8.78 Å². The molecule has 178 valence electrons. The second-order valence-corrected chi connectivity index (χ2v) is 7.61. The van der Waals surface area contributed by atoms with E-state index in [0.717, 1.165) is 22.5 Å². The van der Waals surface area contributed by atoms with Crippen LogP contribution in [0, 0.1) is 11.6 Å². The van der Waals surface area contributed by atoms with Gasteiger partial charge in [0.15, 0.2) is 17.0 Å². The van der Waals surface area contributed by atoms with Crippen molar-refractivity contribution in [2.24, 2.45) is 0 Å². The molecule has 2 aromatic carbocycles. The summed E-state index contributed by atoms with van der Waals surface area (Å²) in [5.74, 6) is -1.10. The predicted molar refractivity (Wildman–Crippen MR) is 128 cm³/mol. The molecule has 0 fully saturated rings. The Hall–Kier alpha value is -4.99. The van der Waals surface area contributed by atoms with Gasteiger partial charge in [0.1, 0.15) is 11.6 Å². The molecule has 0 spiro atoms. The number of carbonyl (C=O) groups excluding carboxylic acids is 1. The molecule has 10 heteroatoms. The van der Waals surface area contributed by atoms with Gasteiger partial charge in [0.25, 0.3) is 0 Å². The maximum absolute atomic E-state index is 12.9. The van der Waals surface area contributed by atoms with Crippen LogP contribution in [0.3, 0.4) is 0 Å². The van der Waals surface area contributed by atoms with Crippen LogP contribution in [-0.4, -0.2) is 41.8 Å². The summed E-state index contributed by atoms with van der Waals surface area (Å²) >= 11 is 0. The van der Waals surface area contributed by atoms with E-state index in [0.29, 0.717) is 11.3 Å². The number of esters is 1. The quantitative estimate of drug-likeness (QED) is 0.334. The van der Waals surface area contributed by atoms with Crippen LogP contribution < -0.4 is 0 Å². The Balaban J connectivity index is 0.000000152. The standard InChI is InChI=1S/C14H10FN3O2.C12H8FN3/c1-20-14(19)12-13-17-11(8-18(13)7-6-16-12)9-2-4-10(15)5-3-9;13-10-3-1-9(2-4-10)11-8-16-6-5-14-7-12(16)15-11/h2-8H,1H3;1-8H. The van der Waals surface area contributed by atoms with Crippen LogP contribution in [0.1, 0.15) is 10.5 Å². The number of benzene rings is 2. The number of halogens is 2. The van der Waals surface area contributed by atoms with Crippen molar-refractivity contribution in [2.75, 3.05) is 7.11 Å². The zero-order valence-electron chi connectivity index (χ0n) is 18.9. The molecule has 6 rings (SSSR count). The summed E-state index contributed by atoms with van der Waals surface area (Å²) in [6, 6.07) is 12.3. The van der Waals surface area contributed by atoms with Gasteiger partial charge in [-0.15, -0.1) is 0 Å². The third kappa shape index (κ3) is 4.64. The average molecular weight is 484 g/mol. The van der Waals surface area contributed by atoms with Crippen molar-refractivity contribution in [2.45, 2.75) is 0 Å². The van der Waals surface area contributed by atoms with Gasteiger partial charge in [-0.25, -0.2) is 28.5 Å². The first-order valence-electron chi connectivity index (χ1n) is 10.7. The normalized spacial score (nSPS) is 10.8. The summed E-state index contributed by atoms with van der Waals surface area (Å²) in [5.41, 5.74) is 4.41. The first-order valence-corrected chi connectivity index (χ1v) is 10.7. The molecule has 0 radical (unpaired) electrons. The minimum Gasteiger partial charge on any atom is -0.464 e. The highest BCUT2D eigenvalue weighted by atomic mass is 19.1. The second kappa shape index (κ2) is 9.71. The maximum Gasteiger partial charge on any atom is 0.360 e. The van der Waals surface area contributed by atoms with Gasteiger partial charge in [-0.3, -0.25) is 4.98 Å². The van der Waals surface area contributed by atoms with Crippen molar-refractivity contribution < 1.29 is 18.3 Å². The number of methoxy groups -OCH3 is 1. The van der Waals surface area contributed by atoms with Gasteiger partial charge in [-0.2, -0.15) is 0 Å². The number of aromatic nitrogens is 6. The van der Waals surface area contributed by atoms with E-state index in [1.54, 1.807) is 53.5 Å². The molecule has 8 nitrogen and oxygen atoms in total.